The molecule has 0 radical (unpaired) electrons. The Hall–Kier alpha value is -3.39. The van der Waals surface area contributed by atoms with Gasteiger partial charge in [-0.3, -0.25) is 9.89 Å². The molecule has 1 saturated heterocycles. The van der Waals surface area contributed by atoms with Gasteiger partial charge >= 0.3 is 0 Å². The maximum atomic E-state index is 12.8. The summed E-state index contributed by atoms with van der Waals surface area (Å²) in [5, 5.41) is 16.8. The van der Waals surface area contributed by atoms with E-state index >= 15 is 0 Å². The first-order chi connectivity index (χ1) is 13.3. The molecule has 1 N–H and O–H groups in total. The van der Waals surface area contributed by atoms with Crippen LogP contribution in [0.2, 0.25) is 0 Å². The number of rotatable bonds is 3. The summed E-state index contributed by atoms with van der Waals surface area (Å²) >= 11 is 0. The number of likely N-dealkylation sites (tertiary alicyclic amines) is 1. The van der Waals surface area contributed by atoms with Gasteiger partial charge in [0, 0.05) is 30.3 Å². The number of nitrogens with one attached hydrogen (secondary N) is 1. The van der Waals surface area contributed by atoms with Gasteiger partial charge in [0.05, 0.1) is 22.9 Å². The van der Waals surface area contributed by atoms with Crippen LogP contribution in [0.1, 0.15) is 40.4 Å². The Kier molecular flexibility index (Phi) is 4.71. The molecule has 0 bridgehead atoms. The first kappa shape index (κ1) is 17.0. The highest BCUT2D eigenvalue weighted by Gasteiger charge is 2.26. The summed E-state index contributed by atoms with van der Waals surface area (Å²) in [6.07, 6.45) is 1.77. The van der Waals surface area contributed by atoms with Gasteiger partial charge in [0.25, 0.3) is 5.91 Å². The molecule has 0 aliphatic carbocycles. The molecule has 1 amide bonds. The van der Waals surface area contributed by atoms with E-state index in [1.165, 1.54) is 0 Å². The number of aromatic amines is 1. The number of amides is 1. The topological polar surface area (TPSA) is 72.8 Å². The summed E-state index contributed by atoms with van der Waals surface area (Å²) in [5.74, 6) is 0.311. The molecule has 3 aromatic rings. The molecule has 0 unspecified atom stereocenters. The van der Waals surface area contributed by atoms with Gasteiger partial charge in [-0.25, -0.2) is 0 Å². The molecule has 2 aromatic carbocycles. The van der Waals surface area contributed by atoms with Crippen molar-refractivity contribution in [2.45, 2.75) is 18.8 Å². The molecule has 1 aliphatic heterocycles. The third-order valence-corrected chi connectivity index (χ3v) is 5.17. The van der Waals surface area contributed by atoms with E-state index < -0.39 is 0 Å². The van der Waals surface area contributed by atoms with E-state index in [2.05, 4.69) is 22.3 Å². The van der Waals surface area contributed by atoms with Crippen molar-refractivity contribution in [3.63, 3.8) is 0 Å². The normalized spacial score (nSPS) is 14.7. The number of piperidine rings is 1. The molecule has 0 spiro atoms. The van der Waals surface area contributed by atoms with Crippen LogP contribution < -0.4 is 0 Å². The molecule has 1 aromatic heterocycles. The van der Waals surface area contributed by atoms with Gasteiger partial charge in [0.15, 0.2) is 0 Å². The van der Waals surface area contributed by atoms with Gasteiger partial charge in [-0.2, -0.15) is 10.4 Å². The zero-order valence-electron chi connectivity index (χ0n) is 14.9. The van der Waals surface area contributed by atoms with Gasteiger partial charge in [-0.1, -0.05) is 42.5 Å². The van der Waals surface area contributed by atoms with Gasteiger partial charge in [0.1, 0.15) is 0 Å². The third kappa shape index (κ3) is 3.47. The molecule has 1 fully saturated rings. The number of hydrogen-bond donors (Lipinski definition) is 1. The second-order valence-corrected chi connectivity index (χ2v) is 6.80. The summed E-state index contributed by atoms with van der Waals surface area (Å²) in [6, 6.07) is 21.3. The maximum absolute atomic E-state index is 12.8. The van der Waals surface area contributed by atoms with Gasteiger partial charge in [0.2, 0.25) is 0 Å². The molecular formula is C22H20N4O. The van der Waals surface area contributed by atoms with E-state index in [4.69, 9.17) is 0 Å². The van der Waals surface area contributed by atoms with Crippen molar-refractivity contribution in [1.29, 1.82) is 5.26 Å². The van der Waals surface area contributed by atoms with Crippen LogP contribution in [0.4, 0.5) is 0 Å². The number of nitriles is 1. The molecule has 2 heterocycles. The van der Waals surface area contributed by atoms with Crippen LogP contribution >= 0.6 is 0 Å². The van der Waals surface area contributed by atoms with Crippen LogP contribution in [0.25, 0.3) is 11.3 Å². The predicted octanol–water partition coefficient (Wildman–Crippen LogP) is 3.97. The largest absolute Gasteiger partial charge is 0.339 e. The average Bonchev–Trinajstić information content (AvgIpc) is 3.24. The molecule has 134 valence electrons. The lowest BCUT2D eigenvalue weighted by molar-refractivity contribution is 0.0712. The Morgan fingerprint density at radius 2 is 1.78 bits per heavy atom. The fraction of sp³-hybridized carbons (Fsp3) is 0.227. The zero-order chi connectivity index (χ0) is 18.6. The highest BCUT2D eigenvalue weighted by molar-refractivity contribution is 5.96. The van der Waals surface area contributed by atoms with Crippen molar-refractivity contribution in [2.24, 2.45) is 0 Å². The minimum atomic E-state index is -0.0554. The van der Waals surface area contributed by atoms with Gasteiger partial charge in [-0.15, -0.1) is 0 Å². The zero-order valence-corrected chi connectivity index (χ0v) is 14.9. The van der Waals surface area contributed by atoms with Crippen molar-refractivity contribution >= 4 is 5.91 Å². The lowest BCUT2D eigenvalue weighted by Crippen LogP contribution is -2.38. The van der Waals surface area contributed by atoms with Crippen molar-refractivity contribution < 1.29 is 4.79 Å². The SMILES string of the molecule is N#Cc1ccccc1C(=O)N1CCC(c2cc(-c3ccccc3)n[nH]2)CC1. The van der Waals surface area contributed by atoms with Crippen LogP contribution in [0, 0.1) is 11.3 Å². The quantitative estimate of drug-likeness (QED) is 0.772. The van der Waals surface area contributed by atoms with E-state index in [9.17, 15) is 10.1 Å². The monoisotopic (exact) mass is 356 g/mol. The van der Waals surface area contributed by atoms with Crippen LogP contribution in [-0.2, 0) is 0 Å². The Labute approximate surface area is 158 Å². The van der Waals surface area contributed by atoms with Crippen LogP contribution in [0.5, 0.6) is 0 Å². The number of carbonyl (C=O) groups is 1. The number of nitrogens with zero attached hydrogens (tertiary/aromatic N) is 3. The Morgan fingerprint density at radius 3 is 2.52 bits per heavy atom. The smallest absolute Gasteiger partial charge is 0.255 e. The molecule has 0 atom stereocenters. The van der Waals surface area contributed by atoms with Crippen LogP contribution in [-0.4, -0.2) is 34.1 Å². The summed E-state index contributed by atoms with van der Waals surface area (Å²) in [6.45, 7) is 1.37. The van der Waals surface area contributed by atoms with Crippen LogP contribution in [0.15, 0.2) is 60.7 Å². The molecule has 0 saturated carbocycles. The molecule has 5 heteroatoms. The van der Waals surface area contributed by atoms with E-state index in [-0.39, 0.29) is 5.91 Å². The predicted molar refractivity (Wildman–Crippen MR) is 103 cm³/mol. The molecule has 5 nitrogen and oxygen atoms in total. The summed E-state index contributed by atoms with van der Waals surface area (Å²) < 4.78 is 0. The van der Waals surface area contributed by atoms with Gasteiger partial charge in [-0.05, 0) is 31.0 Å². The Bertz CT molecular complexity index is 979. The Balaban J connectivity index is 1.43. The molecule has 27 heavy (non-hydrogen) atoms. The maximum Gasteiger partial charge on any atom is 0.255 e. The van der Waals surface area contributed by atoms with Crippen LogP contribution in [0.3, 0.4) is 0 Å². The van der Waals surface area contributed by atoms with Crippen molar-refractivity contribution in [2.75, 3.05) is 13.1 Å². The van der Waals surface area contributed by atoms with E-state index in [1.54, 1.807) is 24.3 Å². The summed E-state index contributed by atoms with van der Waals surface area (Å²) in [5.41, 5.74) is 4.10. The first-order valence-corrected chi connectivity index (χ1v) is 9.15. The van der Waals surface area contributed by atoms with Gasteiger partial charge < -0.3 is 4.90 Å². The fourth-order valence-corrected chi connectivity index (χ4v) is 3.63. The lowest BCUT2D eigenvalue weighted by atomic mass is 9.92. The van der Waals surface area contributed by atoms with Crippen molar-refractivity contribution in [1.82, 2.24) is 15.1 Å². The first-order valence-electron chi connectivity index (χ1n) is 9.15. The third-order valence-electron chi connectivity index (χ3n) is 5.17. The molecule has 4 rings (SSSR count). The molecular weight excluding hydrogens is 336 g/mol. The van der Waals surface area contributed by atoms with Crippen molar-refractivity contribution in [3.8, 4) is 17.3 Å². The number of aromatic nitrogens is 2. The lowest BCUT2D eigenvalue weighted by Gasteiger charge is -2.31. The summed E-state index contributed by atoms with van der Waals surface area (Å²) in [7, 11) is 0. The minimum absolute atomic E-state index is 0.0554. The standard InChI is InChI=1S/C22H20N4O/c23-15-18-8-4-5-9-19(18)22(27)26-12-10-17(11-13-26)21-14-20(24-25-21)16-6-2-1-3-7-16/h1-9,14,17H,10-13H2,(H,24,25). The average molecular weight is 356 g/mol. The fourth-order valence-electron chi connectivity index (χ4n) is 3.63. The second kappa shape index (κ2) is 7.46. The van der Waals surface area contributed by atoms with E-state index in [0.717, 1.165) is 29.8 Å². The second-order valence-electron chi connectivity index (χ2n) is 6.80. The highest BCUT2D eigenvalue weighted by Crippen LogP contribution is 2.30. The van der Waals surface area contributed by atoms with Crippen molar-refractivity contribution in [3.05, 3.63) is 77.5 Å². The minimum Gasteiger partial charge on any atom is -0.339 e. The number of hydrogen-bond acceptors (Lipinski definition) is 3. The van der Waals surface area contributed by atoms with E-state index in [1.807, 2.05) is 35.2 Å². The van der Waals surface area contributed by atoms with E-state index in [0.29, 0.717) is 30.1 Å². The molecule has 1 aliphatic rings. The summed E-state index contributed by atoms with van der Waals surface area (Å²) in [4.78, 5) is 14.6. The Morgan fingerprint density at radius 1 is 1.07 bits per heavy atom. The number of benzene rings is 2. The number of H-pyrrole nitrogens is 1. The highest BCUT2D eigenvalue weighted by atomic mass is 16.2. The number of carbonyl (C=O) groups excluding carboxylic acids is 1.